The Bertz CT molecular complexity index is 414. The third-order valence-electron chi connectivity index (χ3n) is 2.92. The largest absolute Gasteiger partial charge is 0.489 e. The van der Waals surface area contributed by atoms with Gasteiger partial charge >= 0.3 is 0 Å². The molecule has 5 heteroatoms. The van der Waals surface area contributed by atoms with Crippen LogP contribution in [-0.4, -0.2) is 24.1 Å². The predicted molar refractivity (Wildman–Crippen MR) is 64.4 cm³/mol. The Kier molecular flexibility index (Phi) is 3.58. The molecule has 0 aromatic heterocycles. The summed E-state index contributed by atoms with van der Waals surface area (Å²) in [4.78, 5) is 10.3. The maximum atomic E-state index is 10.7. The van der Waals surface area contributed by atoms with Crippen LogP contribution in [0.5, 0.6) is 5.75 Å². The summed E-state index contributed by atoms with van der Waals surface area (Å²) in [6, 6.07) is 4.90. The van der Waals surface area contributed by atoms with Crippen molar-refractivity contribution in [2.45, 2.75) is 25.9 Å². The van der Waals surface area contributed by atoms with Crippen LogP contribution in [-0.2, 0) is 0 Å². The van der Waals surface area contributed by atoms with Gasteiger partial charge in [0.05, 0.1) is 4.92 Å². The molecule has 1 aromatic carbocycles. The van der Waals surface area contributed by atoms with Gasteiger partial charge in [-0.05, 0) is 38.4 Å². The average Bonchev–Trinajstić information content (AvgIpc) is 2.30. The summed E-state index contributed by atoms with van der Waals surface area (Å²) in [5, 5.41) is 13.9. The molecule has 1 N–H and O–H groups in total. The second-order valence-corrected chi connectivity index (χ2v) is 4.29. The summed E-state index contributed by atoms with van der Waals surface area (Å²) in [5.41, 5.74) is 0.774. The van der Waals surface area contributed by atoms with E-state index in [1.807, 2.05) is 0 Å². The molecule has 2 rings (SSSR count). The molecular formula is C12H16N2O3. The van der Waals surface area contributed by atoms with Crippen molar-refractivity contribution < 1.29 is 9.66 Å². The highest BCUT2D eigenvalue weighted by Crippen LogP contribution is 2.24. The quantitative estimate of drug-likeness (QED) is 0.644. The minimum atomic E-state index is -0.374. The van der Waals surface area contributed by atoms with Crippen LogP contribution in [0.4, 0.5) is 5.69 Å². The number of nitro groups is 1. The molecule has 0 unspecified atom stereocenters. The molecule has 0 saturated carbocycles. The molecule has 0 bridgehead atoms. The number of nitro benzene ring substituents is 1. The molecule has 0 radical (unpaired) electrons. The van der Waals surface area contributed by atoms with Crippen LogP contribution < -0.4 is 10.1 Å². The van der Waals surface area contributed by atoms with E-state index in [2.05, 4.69) is 5.32 Å². The molecular weight excluding hydrogens is 220 g/mol. The highest BCUT2D eigenvalue weighted by molar-refractivity contribution is 5.44. The monoisotopic (exact) mass is 236 g/mol. The summed E-state index contributed by atoms with van der Waals surface area (Å²) in [7, 11) is 0. The molecule has 1 aliphatic heterocycles. The summed E-state index contributed by atoms with van der Waals surface area (Å²) in [6.45, 7) is 3.61. The molecule has 1 atom stereocenters. The van der Waals surface area contributed by atoms with Crippen LogP contribution in [0, 0.1) is 17.0 Å². The zero-order valence-corrected chi connectivity index (χ0v) is 9.81. The van der Waals surface area contributed by atoms with Crippen LogP contribution in [0.1, 0.15) is 18.4 Å². The molecule has 17 heavy (non-hydrogen) atoms. The Balaban J connectivity index is 2.06. The Morgan fingerprint density at radius 2 is 2.35 bits per heavy atom. The van der Waals surface area contributed by atoms with Crippen molar-refractivity contribution >= 4 is 5.69 Å². The molecule has 1 saturated heterocycles. The third-order valence-corrected chi connectivity index (χ3v) is 2.92. The van der Waals surface area contributed by atoms with Gasteiger partial charge < -0.3 is 10.1 Å². The highest BCUT2D eigenvalue weighted by Gasteiger charge is 2.16. The zero-order valence-electron chi connectivity index (χ0n) is 9.81. The lowest BCUT2D eigenvalue weighted by Gasteiger charge is -2.24. The zero-order chi connectivity index (χ0) is 12.3. The number of rotatable bonds is 3. The van der Waals surface area contributed by atoms with E-state index in [1.54, 1.807) is 19.1 Å². The molecule has 1 fully saturated rings. The van der Waals surface area contributed by atoms with Crippen LogP contribution >= 0.6 is 0 Å². The molecule has 1 aromatic rings. The fourth-order valence-electron chi connectivity index (χ4n) is 2.02. The first kappa shape index (κ1) is 11.9. The highest BCUT2D eigenvalue weighted by atomic mass is 16.6. The Hall–Kier alpha value is -1.62. The smallest absolute Gasteiger partial charge is 0.272 e. The molecule has 5 nitrogen and oxygen atoms in total. The van der Waals surface area contributed by atoms with Gasteiger partial charge in [0.1, 0.15) is 11.9 Å². The maximum Gasteiger partial charge on any atom is 0.272 e. The average molecular weight is 236 g/mol. The topological polar surface area (TPSA) is 64.4 Å². The molecule has 0 aliphatic carbocycles. The van der Waals surface area contributed by atoms with E-state index >= 15 is 0 Å². The van der Waals surface area contributed by atoms with Crippen molar-refractivity contribution in [1.29, 1.82) is 0 Å². The number of aryl methyl sites for hydroxylation is 1. The summed E-state index contributed by atoms with van der Waals surface area (Å²) < 4.78 is 5.79. The molecule has 0 spiro atoms. The van der Waals surface area contributed by atoms with Crippen LogP contribution in [0.15, 0.2) is 18.2 Å². The lowest BCUT2D eigenvalue weighted by molar-refractivity contribution is -0.385. The minimum absolute atomic E-state index is 0.138. The number of piperidine rings is 1. The van der Waals surface area contributed by atoms with E-state index in [9.17, 15) is 10.1 Å². The second-order valence-electron chi connectivity index (χ2n) is 4.29. The number of nitrogens with one attached hydrogen (secondary N) is 1. The van der Waals surface area contributed by atoms with Gasteiger partial charge in [-0.25, -0.2) is 0 Å². The van der Waals surface area contributed by atoms with Crippen molar-refractivity contribution in [2.75, 3.05) is 13.1 Å². The van der Waals surface area contributed by atoms with Gasteiger partial charge in [0, 0.05) is 18.2 Å². The van der Waals surface area contributed by atoms with E-state index in [0.29, 0.717) is 11.3 Å². The minimum Gasteiger partial charge on any atom is -0.489 e. The Morgan fingerprint density at radius 1 is 1.53 bits per heavy atom. The molecule has 1 heterocycles. The van der Waals surface area contributed by atoms with Crippen molar-refractivity contribution in [3.8, 4) is 5.75 Å². The number of benzene rings is 1. The van der Waals surface area contributed by atoms with Crippen LogP contribution in [0.2, 0.25) is 0 Å². The Morgan fingerprint density at radius 3 is 2.94 bits per heavy atom. The van der Waals surface area contributed by atoms with Gasteiger partial charge in [0.25, 0.3) is 5.69 Å². The summed E-state index contributed by atoms with van der Waals surface area (Å²) in [5.74, 6) is 0.710. The maximum absolute atomic E-state index is 10.7. The van der Waals surface area contributed by atoms with E-state index in [-0.39, 0.29) is 16.7 Å². The third kappa shape index (κ3) is 2.94. The van der Waals surface area contributed by atoms with Gasteiger partial charge in [0.2, 0.25) is 0 Å². The van der Waals surface area contributed by atoms with Crippen molar-refractivity contribution in [2.24, 2.45) is 0 Å². The fourth-order valence-corrected chi connectivity index (χ4v) is 2.02. The first-order valence-corrected chi connectivity index (χ1v) is 5.79. The first-order chi connectivity index (χ1) is 8.16. The normalized spacial score (nSPS) is 19.9. The van der Waals surface area contributed by atoms with Gasteiger partial charge in [0.15, 0.2) is 0 Å². The van der Waals surface area contributed by atoms with Crippen molar-refractivity contribution in [1.82, 2.24) is 5.32 Å². The van der Waals surface area contributed by atoms with Gasteiger partial charge in [-0.1, -0.05) is 0 Å². The lowest BCUT2D eigenvalue weighted by Crippen LogP contribution is -2.37. The van der Waals surface area contributed by atoms with E-state index < -0.39 is 0 Å². The number of nitrogens with zero attached hydrogens (tertiary/aromatic N) is 1. The second kappa shape index (κ2) is 5.14. The van der Waals surface area contributed by atoms with Crippen molar-refractivity contribution in [3.63, 3.8) is 0 Å². The molecule has 92 valence electrons. The number of hydrogen-bond donors (Lipinski definition) is 1. The standard InChI is InChI=1S/C12H16N2O3/c1-9-7-10(4-5-12(9)14(15)16)17-11-3-2-6-13-8-11/h4-5,7,11,13H,2-3,6,8H2,1H3/t11-/m0/s1. The number of ether oxygens (including phenoxy) is 1. The van der Waals surface area contributed by atoms with Gasteiger partial charge in [-0.3, -0.25) is 10.1 Å². The number of hydrogen-bond acceptors (Lipinski definition) is 4. The lowest BCUT2D eigenvalue weighted by atomic mass is 10.1. The summed E-state index contributed by atoms with van der Waals surface area (Å²) >= 11 is 0. The summed E-state index contributed by atoms with van der Waals surface area (Å²) in [6.07, 6.45) is 2.31. The van der Waals surface area contributed by atoms with Crippen LogP contribution in [0.25, 0.3) is 0 Å². The van der Waals surface area contributed by atoms with Crippen LogP contribution in [0.3, 0.4) is 0 Å². The van der Waals surface area contributed by atoms with E-state index in [4.69, 9.17) is 4.74 Å². The fraction of sp³-hybridized carbons (Fsp3) is 0.500. The first-order valence-electron chi connectivity index (χ1n) is 5.79. The van der Waals surface area contributed by atoms with Gasteiger partial charge in [-0.15, -0.1) is 0 Å². The predicted octanol–water partition coefficient (Wildman–Crippen LogP) is 2.03. The van der Waals surface area contributed by atoms with Crippen molar-refractivity contribution in [3.05, 3.63) is 33.9 Å². The SMILES string of the molecule is Cc1cc(O[C@H]2CCCNC2)ccc1[N+](=O)[O-]. The van der Waals surface area contributed by atoms with E-state index in [0.717, 1.165) is 25.9 Å². The van der Waals surface area contributed by atoms with E-state index in [1.165, 1.54) is 6.07 Å². The molecule has 0 amide bonds. The molecule has 1 aliphatic rings. The van der Waals surface area contributed by atoms with Gasteiger partial charge in [-0.2, -0.15) is 0 Å². The Labute approximate surface area is 99.9 Å².